The van der Waals surface area contributed by atoms with Crippen LogP contribution >= 0.6 is 15.9 Å². The largest absolute Gasteiger partial charge is 0.236 e. The van der Waals surface area contributed by atoms with E-state index in [-0.39, 0.29) is 5.41 Å². The molecule has 0 spiro atoms. The van der Waals surface area contributed by atoms with E-state index in [1.807, 2.05) is 20.8 Å². The van der Waals surface area contributed by atoms with Gasteiger partial charge in [0.15, 0.2) is 0 Å². The first-order chi connectivity index (χ1) is 6.89. The first-order valence-electron chi connectivity index (χ1n) is 5.13. The van der Waals surface area contributed by atoms with Gasteiger partial charge in [0.25, 0.3) is 0 Å². The number of rotatable bonds is 1. The Bertz CT molecular complexity index is 394. The maximum absolute atomic E-state index is 13.6. The van der Waals surface area contributed by atoms with E-state index in [1.165, 1.54) is 0 Å². The average molecular weight is 273 g/mol. The predicted molar refractivity (Wildman–Crippen MR) is 60.4 cm³/mol. The van der Waals surface area contributed by atoms with Crippen LogP contribution < -0.4 is 0 Å². The summed E-state index contributed by atoms with van der Waals surface area (Å²) in [6, 6.07) is 0. The summed E-state index contributed by atoms with van der Waals surface area (Å²) in [4.78, 5) is 8.35. The first kappa shape index (κ1) is 11.0. The molecule has 0 amide bonds. The van der Waals surface area contributed by atoms with Gasteiger partial charge in [-0.05, 0) is 28.8 Å². The molecule has 0 saturated heterocycles. The van der Waals surface area contributed by atoms with Gasteiger partial charge in [-0.1, -0.05) is 20.8 Å². The first-order valence-corrected chi connectivity index (χ1v) is 5.92. The van der Waals surface area contributed by atoms with E-state index in [1.54, 1.807) is 0 Å². The number of hydrogen-bond donors (Lipinski definition) is 0. The Morgan fingerprint density at radius 2 is 1.87 bits per heavy atom. The fourth-order valence-corrected chi connectivity index (χ4v) is 2.23. The van der Waals surface area contributed by atoms with Gasteiger partial charge in [-0.15, -0.1) is 0 Å². The molecule has 0 aliphatic heterocycles. The highest BCUT2D eigenvalue weighted by molar-refractivity contribution is 9.10. The summed E-state index contributed by atoms with van der Waals surface area (Å²) in [6.07, 6.45) is 2.18. The summed E-state index contributed by atoms with van der Waals surface area (Å²) >= 11 is 3.22. The summed E-state index contributed by atoms with van der Waals surface area (Å²) in [7, 11) is 0. The monoisotopic (exact) mass is 272 g/mol. The van der Waals surface area contributed by atoms with E-state index >= 15 is 0 Å². The molecule has 0 radical (unpaired) electrons. The third kappa shape index (κ3) is 2.19. The van der Waals surface area contributed by atoms with Gasteiger partial charge in [0.05, 0.1) is 10.2 Å². The van der Waals surface area contributed by atoms with Gasteiger partial charge in [-0.2, -0.15) is 4.39 Å². The zero-order valence-electron chi connectivity index (χ0n) is 9.14. The van der Waals surface area contributed by atoms with Crippen molar-refractivity contribution in [3.8, 4) is 0 Å². The second-order valence-electron chi connectivity index (χ2n) is 5.06. The van der Waals surface area contributed by atoms with Crippen LogP contribution in [0, 0.1) is 5.95 Å². The van der Waals surface area contributed by atoms with Crippen molar-refractivity contribution < 1.29 is 4.39 Å². The van der Waals surface area contributed by atoms with E-state index < -0.39 is 5.95 Å². The lowest BCUT2D eigenvalue weighted by atomic mass is 9.92. The van der Waals surface area contributed by atoms with Crippen molar-refractivity contribution in [1.29, 1.82) is 0 Å². The Hall–Kier alpha value is -0.510. The third-order valence-corrected chi connectivity index (χ3v) is 3.18. The Morgan fingerprint density at radius 3 is 2.33 bits per heavy atom. The molecule has 1 fully saturated rings. The standard InChI is InChI=1S/C11H14BrFN2/c1-11(2,3)8-7(12)9(13)15-10(14-8)6-4-5-6/h6H,4-5H2,1-3H3. The Morgan fingerprint density at radius 1 is 1.27 bits per heavy atom. The highest BCUT2D eigenvalue weighted by Crippen LogP contribution is 2.40. The molecular weight excluding hydrogens is 259 g/mol. The Labute approximate surface area is 97.5 Å². The third-order valence-electron chi connectivity index (χ3n) is 2.48. The number of nitrogens with zero attached hydrogens (tertiary/aromatic N) is 2. The van der Waals surface area contributed by atoms with Gasteiger partial charge in [0, 0.05) is 11.3 Å². The molecule has 1 aromatic rings. The summed E-state index contributed by atoms with van der Waals surface area (Å²) in [6.45, 7) is 6.07. The lowest BCUT2D eigenvalue weighted by Crippen LogP contribution is -2.17. The molecule has 1 saturated carbocycles. The molecule has 4 heteroatoms. The van der Waals surface area contributed by atoms with Crippen LogP contribution in [0.3, 0.4) is 0 Å². The SMILES string of the molecule is CC(C)(C)c1nc(C2CC2)nc(F)c1Br. The van der Waals surface area contributed by atoms with Gasteiger partial charge in [-0.3, -0.25) is 0 Å². The van der Waals surface area contributed by atoms with Gasteiger partial charge < -0.3 is 0 Å². The molecule has 0 aromatic carbocycles. The fraction of sp³-hybridized carbons (Fsp3) is 0.636. The quantitative estimate of drug-likeness (QED) is 0.731. The molecule has 0 atom stereocenters. The van der Waals surface area contributed by atoms with Crippen LogP contribution in [0.15, 0.2) is 4.47 Å². The highest BCUT2D eigenvalue weighted by atomic mass is 79.9. The summed E-state index contributed by atoms with van der Waals surface area (Å²) in [5.74, 6) is 0.617. The van der Waals surface area contributed by atoms with Crippen LogP contribution in [-0.2, 0) is 5.41 Å². The molecular formula is C11H14BrFN2. The van der Waals surface area contributed by atoms with Gasteiger partial charge >= 0.3 is 0 Å². The lowest BCUT2D eigenvalue weighted by Gasteiger charge is -2.20. The highest BCUT2D eigenvalue weighted by Gasteiger charge is 2.30. The molecule has 82 valence electrons. The Balaban J connectivity index is 2.52. The minimum Gasteiger partial charge on any atom is -0.236 e. The molecule has 2 nitrogen and oxygen atoms in total. The molecule has 2 rings (SSSR count). The van der Waals surface area contributed by atoms with Gasteiger partial charge in [0.2, 0.25) is 5.95 Å². The van der Waals surface area contributed by atoms with Crippen molar-refractivity contribution in [2.75, 3.05) is 0 Å². The molecule has 1 aliphatic rings. The number of aromatic nitrogens is 2. The lowest BCUT2D eigenvalue weighted by molar-refractivity contribution is 0.513. The molecule has 0 bridgehead atoms. The van der Waals surface area contributed by atoms with Crippen LogP contribution in [0.25, 0.3) is 0 Å². The second kappa shape index (κ2) is 3.51. The fourth-order valence-electron chi connectivity index (χ4n) is 1.46. The van der Waals surface area contributed by atoms with Crippen molar-refractivity contribution in [2.24, 2.45) is 0 Å². The number of halogens is 2. The normalized spacial score (nSPS) is 16.9. The van der Waals surface area contributed by atoms with E-state index in [2.05, 4.69) is 25.9 Å². The van der Waals surface area contributed by atoms with Crippen molar-refractivity contribution in [1.82, 2.24) is 9.97 Å². The minimum atomic E-state index is -0.433. The summed E-state index contributed by atoms with van der Waals surface area (Å²) in [5, 5.41) is 0. The second-order valence-corrected chi connectivity index (χ2v) is 5.85. The van der Waals surface area contributed by atoms with Crippen LogP contribution in [-0.4, -0.2) is 9.97 Å². The van der Waals surface area contributed by atoms with Crippen molar-refractivity contribution in [2.45, 2.75) is 44.9 Å². The van der Waals surface area contributed by atoms with Crippen LogP contribution in [0.1, 0.15) is 51.0 Å². The van der Waals surface area contributed by atoms with Crippen LogP contribution in [0.2, 0.25) is 0 Å². The molecule has 0 unspecified atom stereocenters. The molecule has 15 heavy (non-hydrogen) atoms. The molecule has 1 aromatic heterocycles. The van der Waals surface area contributed by atoms with Crippen molar-refractivity contribution >= 4 is 15.9 Å². The van der Waals surface area contributed by atoms with E-state index in [4.69, 9.17) is 0 Å². The minimum absolute atomic E-state index is 0.160. The van der Waals surface area contributed by atoms with Gasteiger partial charge in [-0.25, -0.2) is 9.97 Å². The maximum atomic E-state index is 13.6. The summed E-state index contributed by atoms with van der Waals surface area (Å²) < 4.78 is 14.0. The van der Waals surface area contributed by atoms with E-state index in [0.29, 0.717) is 16.2 Å². The van der Waals surface area contributed by atoms with E-state index in [9.17, 15) is 4.39 Å². The van der Waals surface area contributed by atoms with Crippen molar-refractivity contribution in [3.05, 3.63) is 21.9 Å². The molecule has 1 heterocycles. The average Bonchev–Trinajstić information content (AvgIpc) is 2.90. The zero-order valence-corrected chi connectivity index (χ0v) is 10.7. The Kier molecular flexibility index (Phi) is 2.57. The molecule has 1 aliphatic carbocycles. The predicted octanol–water partition coefficient (Wildman–Crippen LogP) is 3.55. The maximum Gasteiger partial charge on any atom is 0.230 e. The van der Waals surface area contributed by atoms with Gasteiger partial charge in [0.1, 0.15) is 5.82 Å². The van der Waals surface area contributed by atoms with Crippen LogP contribution in [0.5, 0.6) is 0 Å². The zero-order chi connectivity index (χ0) is 11.2. The molecule has 0 N–H and O–H groups in total. The smallest absolute Gasteiger partial charge is 0.230 e. The summed E-state index contributed by atoms with van der Waals surface area (Å²) in [5.41, 5.74) is 0.601. The van der Waals surface area contributed by atoms with E-state index in [0.717, 1.165) is 18.5 Å². The topological polar surface area (TPSA) is 25.8 Å². The number of hydrogen-bond acceptors (Lipinski definition) is 2. The van der Waals surface area contributed by atoms with Crippen LogP contribution in [0.4, 0.5) is 4.39 Å². The van der Waals surface area contributed by atoms with Crippen molar-refractivity contribution in [3.63, 3.8) is 0 Å².